The number of nitrogen functional groups attached to an aromatic ring is 1. The molecule has 0 aromatic heterocycles. The Labute approximate surface area is 123 Å². The van der Waals surface area contributed by atoms with Crippen molar-refractivity contribution in [3.8, 4) is 0 Å². The van der Waals surface area contributed by atoms with Crippen LogP contribution in [0.2, 0.25) is 0 Å². The summed E-state index contributed by atoms with van der Waals surface area (Å²) in [5, 5.41) is 10.7. The van der Waals surface area contributed by atoms with Gasteiger partial charge in [-0.2, -0.15) is 0 Å². The third-order valence-corrected chi connectivity index (χ3v) is 5.07. The van der Waals surface area contributed by atoms with E-state index in [1.54, 1.807) is 6.92 Å². The molecule has 1 rings (SSSR count). The van der Waals surface area contributed by atoms with E-state index in [2.05, 4.69) is 10.1 Å². The number of nitrogens with two attached hydrogens (primary N) is 1. The van der Waals surface area contributed by atoms with Crippen molar-refractivity contribution >= 4 is 21.4 Å². The summed E-state index contributed by atoms with van der Waals surface area (Å²) in [5.41, 5.74) is 1.93. The van der Waals surface area contributed by atoms with Crippen molar-refractivity contribution in [2.24, 2.45) is 11.8 Å². The Kier molecular flexibility index (Phi) is 5.64. The first kappa shape index (κ1) is 17.3. The van der Waals surface area contributed by atoms with Gasteiger partial charge in [0, 0.05) is 18.2 Å². The van der Waals surface area contributed by atoms with E-state index in [-0.39, 0.29) is 28.2 Å². The Balaban J connectivity index is 3.16. The summed E-state index contributed by atoms with van der Waals surface area (Å²) in [4.78, 5) is 9.97. The second kappa shape index (κ2) is 6.83. The average molecular weight is 316 g/mol. The van der Waals surface area contributed by atoms with Crippen molar-refractivity contribution in [2.75, 3.05) is 5.43 Å². The SMILES string of the molecule is CCC(C)C(C)NS(=O)(=O)c1ccc([N+](=O)[O-])cc1NN. The molecule has 21 heavy (non-hydrogen) atoms. The number of non-ortho nitro benzene ring substituents is 1. The molecule has 2 unspecified atom stereocenters. The van der Waals surface area contributed by atoms with Gasteiger partial charge in [-0.25, -0.2) is 13.1 Å². The predicted molar refractivity (Wildman–Crippen MR) is 80.1 cm³/mol. The first-order valence-corrected chi connectivity index (χ1v) is 7.98. The fourth-order valence-corrected chi connectivity index (χ4v) is 3.26. The van der Waals surface area contributed by atoms with Crippen LogP contribution in [0.3, 0.4) is 0 Å². The lowest BCUT2D eigenvalue weighted by Crippen LogP contribution is -2.37. The van der Waals surface area contributed by atoms with Crippen LogP contribution >= 0.6 is 0 Å². The van der Waals surface area contributed by atoms with Gasteiger partial charge >= 0.3 is 0 Å². The smallest absolute Gasteiger partial charge is 0.271 e. The number of rotatable bonds is 7. The van der Waals surface area contributed by atoms with Crippen LogP contribution in [0.15, 0.2) is 23.1 Å². The van der Waals surface area contributed by atoms with E-state index < -0.39 is 14.9 Å². The van der Waals surface area contributed by atoms with E-state index >= 15 is 0 Å². The van der Waals surface area contributed by atoms with Crippen molar-refractivity contribution in [3.05, 3.63) is 28.3 Å². The largest absolute Gasteiger partial charge is 0.323 e. The van der Waals surface area contributed by atoms with Gasteiger partial charge in [0.25, 0.3) is 5.69 Å². The monoisotopic (exact) mass is 316 g/mol. The number of nitrogens with one attached hydrogen (secondary N) is 2. The van der Waals surface area contributed by atoms with Gasteiger partial charge in [-0.15, -0.1) is 0 Å². The van der Waals surface area contributed by atoms with Crippen LogP contribution in [0.5, 0.6) is 0 Å². The molecule has 0 radical (unpaired) electrons. The molecule has 2 atom stereocenters. The third-order valence-electron chi connectivity index (χ3n) is 3.46. The molecule has 0 saturated carbocycles. The van der Waals surface area contributed by atoms with E-state index in [9.17, 15) is 18.5 Å². The van der Waals surface area contributed by atoms with Crippen molar-refractivity contribution in [1.82, 2.24) is 4.72 Å². The number of nitro groups is 1. The number of benzene rings is 1. The lowest BCUT2D eigenvalue weighted by Gasteiger charge is -2.20. The highest BCUT2D eigenvalue weighted by Gasteiger charge is 2.24. The topological polar surface area (TPSA) is 127 Å². The van der Waals surface area contributed by atoms with Crippen molar-refractivity contribution in [1.29, 1.82) is 0 Å². The predicted octanol–water partition coefficient (Wildman–Crippen LogP) is 1.59. The van der Waals surface area contributed by atoms with E-state index in [0.717, 1.165) is 18.6 Å². The zero-order valence-corrected chi connectivity index (χ0v) is 13.0. The zero-order chi connectivity index (χ0) is 16.2. The van der Waals surface area contributed by atoms with Crippen LogP contribution < -0.4 is 16.0 Å². The number of hydrogen-bond acceptors (Lipinski definition) is 6. The fraction of sp³-hybridized carbons (Fsp3) is 0.500. The quantitative estimate of drug-likeness (QED) is 0.398. The summed E-state index contributed by atoms with van der Waals surface area (Å²) < 4.78 is 27.2. The molecule has 9 heteroatoms. The molecule has 8 nitrogen and oxygen atoms in total. The summed E-state index contributed by atoms with van der Waals surface area (Å²) in [6, 6.07) is 3.12. The first-order chi connectivity index (χ1) is 9.72. The van der Waals surface area contributed by atoms with Crippen LogP contribution in [0.25, 0.3) is 0 Å². The number of hydrogen-bond donors (Lipinski definition) is 3. The highest BCUT2D eigenvalue weighted by Crippen LogP contribution is 2.26. The van der Waals surface area contributed by atoms with Crippen LogP contribution in [0.1, 0.15) is 27.2 Å². The molecular formula is C12H20N4O4S. The molecule has 4 N–H and O–H groups in total. The van der Waals surface area contributed by atoms with Crippen LogP contribution in [-0.2, 0) is 10.0 Å². The van der Waals surface area contributed by atoms with E-state index in [0.29, 0.717) is 0 Å². The molecule has 1 aromatic carbocycles. The molecule has 1 aromatic rings. The molecular weight excluding hydrogens is 296 g/mol. The van der Waals surface area contributed by atoms with Gasteiger partial charge in [0.15, 0.2) is 0 Å². The molecule has 0 aliphatic carbocycles. The normalized spacial score (nSPS) is 14.5. The maximum atomic E-state index is 12.3. The molecule has 0 heterocycles. The Morgan fingerprint density at radius 3 is 2.48 bits per heavy atom. The molecule has 0 spiro atoms. The summed E-state index contributed by atoms with van der Waals surface area (Å²) in [6.07, 6.45) is 0.825. The second-order valence-electron chi connectivity index (χ2n) is 4.88. The second-order valence-corrected chi connectivity index (χ2v) is 6.56. The van der Waals surface area contributed by atoms with Gasteiger partial charge in [0.1, 0.15) is 4.90 Å². The third kappa shape index (κ3) is 4.13. The lowest BCUT2D eigenvalue weighted by atomic mass is 10.0. The lowest BCUT2D eigenvalue weighted by molar-refractivity contribution is -0.384. The number of nitrogens with zero attached hydrogens (tertiary/aromatic N) is 1. The molecule has 0 bridgehead atoms. The average Bonchev–Trinajstić information content (AvgIpc) is 2.44. The molecule has 118 valence electrons. The summed E-state index contributed by atoms with van der Waals surface area (Å²) in [7, 11) is -3.81. The number of anilines is 1. The molecule has 0 aliphatic heterocycles. The van der Waals surface area contributed by atoms with Gasteiger partial charge in [-0.1, -0.05) is 20.3 Å². The minimum absolute atomic E-state index is 0.0203. The van der Waals surface area contributed by atoms with Crippen molar-refractivity contribution in [3.63, 3.8) is 0 Å². The Hall–Kier alpha value is -1.71. The van der Waals surface area contributed by atoms with E-state index in [4.69, 9.17) is 5.84 Å². The molecule has 0 saturated heterocycles. The number of nitro benzene ring substituents is 1. The molecule has 0 aliphatic rings. The summed E-state index contributed by atoms with van der Waals surface area (Å²) in [6.45, 7) is 5.67. The summed E-state index contributed by atoms with van der Waals surface area (Å²) >= 11 is 0. The minimum Gasteiger partial charge on any atom is -0.323 e. The Morgan fingerprint density at radius 2 is 2.00 bits per heavy atom. The fourth-order valence-electron chi connectivity index (χ4n) is 1.76. The number of sulfonamides is 1. The molecule has 0 amide bonds. The molecule has 0 fully saturated rings. The number of hydrazine groups is 1. The van der Waals surface area contributed by atoms with Crippen LogP contribution in [-0.4, -0.2) is 19.4 Å². The minimum atomic E-state index is -3.81. The van der Waals surface area contributed by atoms with E-state index in [1.165, 1.54) is 6.07 Å². The zero-order valence-electron chi connectivity index (χ0n) is 12.2. The maximum Gasteiger partial charge on any atom is 0.271 e. The van der Waals surface area contributed by atoms with Gasteiger partial charge in [0.2, 0.25) is 10.0 Å². The van der Waals surface area contributed by atoms with Gasteiger partial charge in [0.05, 0.1) is 10.6 Å². The van der Waals surface area contributed by atoms with E-state index in [1.807, 2.05) is 13.8 Å². The van der Waals surface area contributed by atoms with Crippen LogP contribution in [0, 0.1) is 16.0 Å². The van der Waals surface area contributed by atoms with Gasteiger partial charge in [-0.05, 0) is 18.9 Å². The first-order valence-electron chi connectivity index (χ1n) is 6.50. The van der Waals surface area contributed by atoms with Crippen LogP contribution in [0.4, 0.5) is 11.4 Å². The van der Waals surface area contributed by atoms with Crippen molar-refractivity contribution < 1.29 is 13.3 Å². The maximum absolute atomic E-state index is 12.3. The van der Waals surface area contributed by atoms with Crippen molar-refractivity contribution in [2.45, 2.75) is 38.1 Å². The Morgan fingerprint density at radius 1 is 1.38 bits per heavy atom. The standard InChI is InChI=1S/C12H20N4O4S/c1-4-8(2)9(3)15-21(19,20)12-6-5-10(16(17)18)7-11(12)14-13/h5-9,14-15H,4,13H2,1-3H3. The van der Waals surface area contributed by atoms with Gasteiger partial charge in [-0.3, -0.25) is 16.0 Å². The van der Waals surface area contributed by atoms with Gasteiger partial charge < -0.3 is 5.43 Å². The highest BCUT2D eigenvalue weighted by atomic mass is 32.2. The Bertz CT molecular complexity index is 618. The summed E-state index contributed by atoms with van der Waals surface area (Å²) in [5.74, 6) is 5.43. The highest BCUT2D eigenvalue weighted by molar-refractivity contribution is 7.89.